The molecular weight excluding hydrogens is 594 g/mol. The number of nitrogens with zero attached hydrogens (tertiary/aromatic N) is 3. The highest BCUT2D eigenvalue weighted by Gasteiger charge is 2.28. The van der Waals surface area contributed by atoms with Crippen molar-refractivity contribution in [3.05, 3.63) is 23.8 Å². The molecule has 0 aromatic heterocycles. The van der Waals surface area contributed by atoms with Crippen molar-refractivity contribution in [3.8, 4) is 11.5 Å². The summed E-state index contributed by atoms with van der Waals surface area (Å²) in [4.78, 5) is 76.4. The Bertz CT molecular complexity index is 1110. The Labute approximate surface area is 251 Å². The molecule has 0 heterocycles. The highest BCUT2D eigenvalue weighted by atomic mass is 17.1. The molecule has 246 valence electrons. The van der Waals surface area contributed by atoms with Gasteiger partial charge in [0.05, 0.1) is 45.4 Å². The molecule has 1 unspecified atom stereocenters. The zero-order valence-corrected chi connectivity index (χ0v) is 24.0. The first-order valence-electron chi connectivity index (χ1n) is 13.3. The van der Waals surface area contributed by atoms with Crippen LogP contribution in [0.5, 0.6) is 11.5 Å². The number of ether oxygens (including phenoxy) is 2. The van der Waals surface area contributed by atoms with Crippen molar-refractivity contribution in [1.82, 2.24) is 14.7 Å². The summed E-state index contributed by atoms with van der Waals surface area (Å²) in [5.41, 5.74) is -0.274. The van der Waals surface area contributed by atoms with Gasteiger partial charge in [-0.2, -0.15) is 5.26 Å². The van der Waals surface area contributed by atoms with E-state index in [1.54, 1.807) is 0 Å². The molecule has 0 fully saturated rings. The van der Waals surface area contributed by atoms with E-state index in [4.69, 9.17) is 24.9 Å². The van der Waals surface area contributed by atoms with Crippen molar-refractivity contribution in [2.24, 2.45) is 0 Å². The zero-order valence-electron chi connectivity index (χ0n) is 24.0. The smallest absolute Gasteiger partial charge is 0.376 e. The largest absolute Gasteiger partial charge is 0.494 e. The van der Waals surface area contributed by atoms with E-state index in [0.29, 0.717) is 6.61 Å². The quantitative estimate of drug-likeness (QED) is 0.0480. The van der Waals surface area contributed by atoms with Crippen LogP contribution in [0.1, 0.15) is 30.1 Å². The lowest BCUT2D eigenvalue weighted by Gasteiger charge is -2.34. The van der Waals surface area contributed by atoms with Crippen molar-refractivity contribution >= 4 is 35.8 Å². The maximum absolute atomic E-state index is 12.3. The van der Waals surface area contributed by atoms with Gasteiger partial charge in [0.25, 0.3) is 0 Å². The van der Waals surface area contributed by atoms with Gasteiger partial charge >= 0.3 is 35.8 Å². The lowest BCUT2D eigenvalue weighted by molar-refractivity contribution is -0.183. The number of hydrogen-bond donors (Lipinski definition) is 6. The molecule has 6 N–H and O–H groups in total. The summed E-state index contributed by atoms with van der Waals surface area (Å²) >= 11 is 0. The summed E-state index contributed by atoms with van der Waals surface area (Å²) in [5.74, 6) is -7.91. The molecule has 18 nitrogen and oxygen atoms in total. The topological polar surface area (TPSA) is 261 Å². The summed E-state index contributed by atoms with van der Waals surface area (Å²) in [6.45, 7) is -2.56. The molecule has 0 aliphatic carbocycles. The summed E-state index contributed by atoms with van der Waals surface area (Å²) in [5, 5.41) is 55.4. The first-order chi connectivity index (χ1) is 20.7. The second kappa shape index (κ2) is 19.6. The monoisotopic (exact) mass is 631 g/mol. The van der Waals surface area contributed by atoms with E-state index >= 15 is 0 Å². The molecule has 0 spiro atoms. The van der Waals surface area contributed by atoms with Crippen LogP contribution in [0.2, 0.25) is 0 Å². The number of carboxylic acid groups (broad SMARTS) is 5. The highest BCUT2D eigenvalue weighted by Crippen LogP contribution is 2.26. The molecule has 0 radical (unpaired) electrons. The molecule has 0 aliphatic rings. The third kappa shape index (κ3) is 15.1. The van der Waals surface area contributed by atoms with Crippen molar-refractivity contribution in [2.75, 3.05) is 65.6 Å². The van der Waals surface area contributed by atoms with Crippen LogP contribution in [-0.4, -0.2) is 153 Å². The number of rotatable bonds is 24. The van der Waals surface area contributed by atoms with Gasteiger partial charge < -0.3 is 35.0 Å². The summed E-state index contributed by atoms with van der Waals surface area (Å²) in [6.07, 6.45) is 1.56. The van der Waals surface area contributed by atoms with E-state index in [1.807, 2.05) is 6.92 Å². The van der Waals surface area contributed by atoms with Crippen molar-refractivity contribution in [2.45, 2.75) is 25.8 Å². The minimum Gasteiger partial charge on any atom is -0.494 e. The second-order valence-electron chi connectivity index (χ2n) is 9.52. The molecule has 0 saturated heterocycles. The lowest BCUT2D eigenvalue weighted by Crippen LogP contribution is -2.52. The first kappa shape index (κ1) is 37.5. The van der Waals surface area contributed by atoms with Crippen LogP contribution in [-0.2, 0) is 28.9 Å². The van der Waals surface area contributed by atoms with Crippen molar-refractivity contribution in [3.63, 3.8) is 0 Å². The Morgan fingerprint density at radius 3 is 1.77 bits per heavy atom. The normalized spacial score (nSPS) is 11.8. The molecule has 1 aromatic rings. The third-order valence-corrected chi connectivity index (χ3v) is 5.92. The highest BCUT2D eigenvalue weighted by molar-refractivity contribution is 5.92. The zero-order chi connectivity index (χ0) is 33.2. The minimum atomic E-state index is -1.41. The van der Waals surface area contributed by atoms with Crippen molar-refractivity contribution < 1.29 is 73.9 Å². The molecule has 18 heteroatoms. The number of hydrogen-bond acceptors (Lipinski definition) is 13. The van der Waals surface area contributed by atoms with Crippen LogP contribution in [0.4, 0.5) is 0 Å². The number of unbranched alkanes of at least 4 members (excludes halogenated alkanes) is 1. The Morgan fingerprint density at radius 1 is 0.750 bits per heavy atom. The second-order valence-corrected chi connectivity index (χ2v) is 9.52. The Morgan fingerprint density at radius 2 is 1.27 bits per heavy atom. The van der Waals surface area contributed by atoms with Crippen LogP contribution < -0.4 is 9.47 Å². The molecular formula is C26H37N3O15. The Balaban J connectivity index is 3.36. The summed E-state index contributed by atoms with van der Waals surface area (Å²) in [6, 6.07) is 2.86. The van der Waals surface area contributed by atoms with Gasteiger partial charge in [0.2, 0.25) is 0 Å². The molecule has 0 saturated carbocycles. The minimum absolute atomic E-state index is 0.152. The average molecular weight is 632 g/mol. The van der Waals surface area contributed by atoms with Crippen LogP contribution in [0.3, 0.4) is 0 Å². The lowest BCUT2D eigenvalue weighted by atomic mass is 10.1. The average Bonchev–Trinajstić information content (AvgIpc) is 2.92. The van der Waals surface area contributed by atoms with Crippen molar-refractivity contribution in [1.29, 1.82) is 0 Å². The maximum Gasteiger partial charge on any atom is 0.376 e. The number of carboxylic acids is 5. The van der Waals surface area contributed by atoms with E-state index in [2.05, 4.69) is 4.89 Å². The van der Waals surface area contributed by atoms with Gasteiger partial charge in [-0.05, 0) is 24.6 Å². The van der Waals surface area contributed by atoms with Crippen LogP contribution >= 0.6 is 0 Å². The Kier molecular flexibility index (Phi) is 16.7. The molecule has 0 aliphatic heterocycles. The van der Waals surface area contributed by atoms with E-state index in [-0.39, 0.29) is 36.7 Å². The number of aliphatic carboxylic acids is 5. The first-order valence-corrected chi connectivity index (χ1v) is 13.3. The molecule has 1 aromatic carbocycles. The number of benzene rings is 1. The van der Waals surface area contributed by atoms with Crippen LogP contribution in [0, 0.1) is 0 Å². The SMILES string of the molecule is CCCCOc1ccc(OCC(CN(CCN(CC(=O)O)CC(=O)O)CC(=O)O)N(CC(=O)O)CC(=O)O)c(C(=O)OO)c1. The molecule has 0 bridgehead atoms. The van der Waals surface area contributed by atoms with E-state index < -0.39 is 81.2 Å². The summed E-state index contributed by atoms with van der Waals surface area (Å²) in [7, 11) is 0. The fraction of sp³-hybridized carbons (Fsp3) is 0.538. The maximum atomic E-state index is 12.3. The van der Waals surface area contributed by atoms with Gasteiger partial charge in [0.15, 0.2) is 0 Å². The predicted octanol–water partition coefficient (Wildman–Crippen LogP) is -0.428. The van der Waals surface area contributed by atoms with Gasteiger partial charge in [-0.25, -0.2) is 4.79 Å². The fourth-order valence-electron chi connectivity index (χ4n) is 3.99. The van der Waals surface area contributed by atoms with Crippen LogP contribution in [0.15, 0.2) is 18.2 Å². The van der Waals surface area contributed by atoms with E-state index in [1.165, 1.54) is 23.1 Å². The van der Waals surface area contributed by atoms with E-state index in [9.17, 15) is 44.1 Å². The third-order valence-electron chi connectivity index (χ3n) is 5.92. The molecule has 0 amide bonds. The molecule has 44 heavy (non-hydrogen) atoms. The van der Waals surface area contributed by atoms with Gasteiger partial charge in [-0.1, -0.05) is 13.3 Å². The predicted molar refractivity (Wildman–Crippen MR) is 147 cm³/mol. The summed E-state index contributed by atoms with van der Waals surface area (Å²) < 4.78 is 11.3. The fourth-order valence-corrected chi connectivity index (χ4v) is 3.99. The van der Waals surface area contributed by atoms with Crippen LogP contribution in [0.25, 0.3) is 0 Å². The van der Waals surface area contributed by atoms with Gasteiger partial charge in [-0.3, -0.25) is 43.6 Å². The number of carbonyl (C=O) groups is 6. The number of carbonyl (C=O) groups excluding carboxylic acids is 1. The van der Waals surface area contributed by atoms with Gasteiger partial charge in [0.1, 0.15) is 23.7 Å². The van der Waals surface area contributed by atoms with Gasteiger partial charge in [-0.15, -0.1) is 0 Å². The standard InChI is InChI=1S/C26H37N3O15/c1-2-3-8-42-18-4-5-20(19(9-18)26(40)44-41)43-16-17(29(14-24(36)37)15-25(38)39)10-27(11-21(30)31)6-7-28(12-22(32)33)13-23(34)35/h4-5,9,17,41H,2-3,6-8,10-16H2,1H3,(H,30,31)(H,32,33)(H,34,35)(H,36,37)(H,38,39). The molecule has 1 rings (SSSR count). The van der Waals surface area contributed by atoms with Gasteiger partial charge in [0, 0.05) is 19.6 Å². The van der Waals surface area contributed by atoms with E-state index in [0.717, 1.165) is 22.6 Å². The molecule has 1 atom stereocenters. The Hall–Kier alpha value is -4.52.